The molecule has 2 N–H and O–H groups in total. The van der Waals surface area contributed by atoms with Gasteiger partial charge < -0.3 is 10.1 Å². The molecule has 1 unspecified atom stereocenters. The summed E-state index contributed by atoms with van der Waals surface area (Å²) in [5, 5.41) is 2.95. The van der Waals surface area contributed by atoms with Crippen LogP contribution in [0.4, 0.5) is 0 Å². The lowest BCUT2D eigenvalue weighted by molar-refractivity contribution is 0.199. The van der Waals surface area contributed by atoms with Gasteiger partial charge in [-0.25, -0.2) is 13.1 Å². The van der Waals surface area contributed by atoms with Gasteiger partial charge in [-0.05, 0) is 20.4 Å². The Hall–Kier alpha value is -0.170. The molecule has 0 aliphatic rings. The topological polar surface area (TPSA) is 67.4 Å². The summed E-state index contributed by atoms with van der Waals surface area (Å²) in [5.74, 6) is 0.122. The summed E-state index contributed by atoms with van der Waals surface area (Å²) < 4.78 is 30.0. The van der Waals surface area contributed by atoms with E-state index in [0.717, 1.165) is 0 Å². The summed E-state index contributed by atoms with van der Waals surface area (Å²) in [4.78, 5) is 0. The van der Waals surface area contributed by atoms with Crippen LogP contribution in [0.5, 0.6) is 0 Å². The Labute approximate surface area is 86.3 Å². The van der Waals surface area contributed by atoms with E-state index in [1.807, 2.05) is 6.92 Å². The van der Waals surface area contributed by atoms with Gasteiger partial charge in [-0.1, -0.05) is 0 Å². The molecule has 0 bridgehead atoms. The van der Waals surface area contributed by atoms with Crippen molar-refractivity contribution in [2.75, 3.05) is 33.1 Å². The van der Waals surface area contributed by atoms with Crippen molar-refractivity contribution < 1.29 is 13.2 Å². The molecule has 6 heteroatoms. The first-order valence-corrected chi connectivity index (χ1v) is 6.30. The highest BCUT2D eigenvalue weighted by molar-refractivity contribution is 7.89. The summed E-state index contributed by atoms with van der Waals surface area (Å²) >= 11 is 0. The standard InChI is InChI=1S/C8H20N2O3S/c1-8(9-2)7-10-14(11,12)6-4-5-13-3/h8-10H,4-7H2,1-3H3. The largest absolute Gasteiger partial charge is 0.385 e. The van der Waals surface area contributed by atoms with Crippen LogP contribution in [0.1, 0.15) is 13.3 Å². The van der Waals surface area contributed by atoms with Crippen LogP contribution in [-0.4, -0.2) is 47.5 Å². The zero-order valence-corrected chi connectivity index (χ0v) is 9.86. The average Bonchev–Trinajstić information content (AvgIpc) is 2.14. The monoisotopic (exact) mass is 224 g/mol. The Morgan fingerprint density at radius 2 is 2.07 bits per heavy atom. The van der Waals surface area contributed by atoms with Gasteiger partial charge in [0, 0.05) is 26.3 Å². The molecule has 0 radical (unpaired) electrons. The quantitative estimate of drug-likeness (QED) is 0.548. The Morgan fingerprint density at radius 3 is 2.57 bits per heavy atom. The minimum absolute atomic E-state index is 0.122. The molecule has 0 amide bonds. The van der Waals surface area contributed by atoms with Crippen molar-refractivity contribution in [3.05, 3.63) is 0 Å². The van der Waals surface area contributed by atoms with Crippen LogP contribution >= 0.6 is 0 Å². The van der Waals surface area contributed by atoms with Gasteiger partial charge in [0.2, 0.25) is 10.0 Å². The lowest BCUT2D eigenvalue weighted by atomic mass is 10.4. The lowest BCUT2D eigenvalue weighted by Crippen LogP contribution is -2.38. The second-order valence-corrected chi connectivity index (χ2v) is 5.13. The summed E-state index contributed by atoms with van der Waals surface area (Å²) in [5.41, 5.74) is 0. The summed E-state index contributed by atoms with van der Waals surface area (Å²) in [6, 6.07) is 0.146. The van der Waals surface area contributed by atoms with Crippen LogP contribution in [0.3, 0.4) is 0 Å². The second kappa shape index (κ2) is 7.17. The van der Waals surface area contributed by atoms with E-state index < -0.39 is 10.0 Å². The molecule has 0 aromatic rings. The maximum atomic E-state index is 11.3. The maximum Gasteiger partial charge on any atom is 0.211 e. The molecular formula is C8H20N2O3S. The third-order valence-electron chi connectivity index (χ3n) is 1.86. The van der Waals surface area contributed by atoms with Gasteiger partial charge in [0.05, 0.1) is 5.75 Å². The smallest absolute Gasteiger partial charge is 0.211 e. The molecule has 0 aliphatic carbocycles. The van der Waals surface area contributed by atoms with E-state index in [9.17, 15) is 8.42 Å². The van der Waals surface area contributed by atoms with Gasteiger partial charge in [0.1, 0.15) is 0 Å². The Bertz CT molecular complexity index is 229. The summed E-state index contributed by atoms with van der Waals surface area (Å²) in [7, 11) is 0.225. The molecule has 0 aliphatic heterocycles. The normalized spacial score (nSPS) is 14.2. The minimum Gasteiger partial charge on any atom is -0.385 e. The fourth-order valence-electron chi connectivity index (χ4n) is 0.819. The van der Waals surface area contributed by atoms with Crippen LogP contribution in [-0.2, 0) is 14.8 Å². The summed E-state index contributed by atoms with van der Waals surface area (Å²) in [6.45, 7) is 2.81. The lowest BCUT2D eigenvalue weighted by Gasteiger charge is -2.11. The highest BCUT2D eigenvalue weighted by atomic mass is 32.2. The zero-order chi connectivity index (χ0) is 11.0. The number of sulfonamides is 1. The van der Waals surface area contributed by atoms with E-state index in [1.165, 1.54) is 0 Å². The van der Waals surface area contributed by atoms with Crippen LogP contribution in [0.15, 0.2) is 0 Å². The average molecular weight is 224 g/mol. The van der Waals surface area contributed by atoms with Crippen LogP contribution in [0, 0.1) is 0 Å². The SMILES string of the molecule is CNC(C)CNS(=O)(=O)CCCOC. The zero-order valence-electron chi connectivity index (χ0n) is 9.04. The number of hydrogen-bond acceptors (Lipinski definition) is 4. The first-order valence-electron chi connectivity index (χ1n) is 4.65. The molecule has 0 spiro atoms. The van der Waals surface area contributed by atoms with E-state index in [1.54, 1.807) is 14.2 Å². The Kier molecular flexibility index (Phi) is 7.08. The van der Waals surface area contributed by atoms with E-state index in [0.29, 0.717) is 19.6 Å². The molecule has 0 saturated heterocycles. The number of methoxy groups -OCH3 is 1. The summed E-state index contributed by atoms with van der Waals surface area (Å²) in [6.07, 6.45) is 0.528. The molecule has 0 fully saturated rings. The van der Waals surface area contributed by atoms with Crippen molar-refractivity contribution in [1.29, 1.82) is 0 Å². The van der Waals surface area contributed by atoms with Gasteiger partial charge in [0.15, 0.2) is 0 Å². The number of nitrogens with one attached hydrogen (secondary N) is 2. The first-order chi connectivity index (χ1) is 6.52. The van der Waals surface area contributed by atoms with Crippen molar-refractivity contribution in [2.24, 2.45) is 0 Å². The predicted molar refractivity (Wildman–Crippen MR) is 56.8 cm³/mol. The molecule has 14 heavy (non-hydrogen) atoms. The number of likely N-dealkylation sites (N-methyl/N-ethyl adjacent to an activating group) is 1. The second-order valence-electron chi connectivity index (χ2n) is 3.20. The third-order valence-corrected chi connectivity index (χ3v) is 3.30. The van der Waals surface area contributed by atoms with Crippen LogP contribution < -0.4 is 10.0 Å². The molecule has 5 nitrogen and oxygen atoms in total. The Balaban J connectivity index is 3.73. The predicted octanol–water partition coefficient (Wildman–Crippen LogP) is -0.450. The first kappa shape index (κ1) is 13.8. The van der Waals surface area contributed by atoms with Gasteiger partial charge in [-0.3, -0.25) is 0 Å². The molecular weight excluding hydrogens is 204 g/mol. The molecule has 0 heterocycles. The van der Waals surface area contributed by atoms with Crippen LogP contribution in [0.25, 0.3) is 0 Å². The van der Waals surface area contributed by atoms with E-state index in [-0.39, 0.29) is 11.8 Å². The molecule has 0 aromatic heterocycles. The fraction of sp³-hybridized carbons (Fsp3) is 1.00. The van der Waals surface area contributed by atoms with E-state index in [4.69, 9.17) is 4.74 Å². The van der Waals surface area contributed by atoms with Gasteiger partial charge >= 0.3 is 0 Å². The molecule has 0 aromatic carbocycles. The molecule has 0 saturated carbocycles. The van der Waals surface area contributed by atoms with Crippen molar-refractivity contribution in [3.8, 4) is 0 Å². The van der Waals surface area contributed by atoms with Crippen molar-refractivity contribution in [3.63, 3.8) is 0 Å². The third kappa shape index (κ3) is 7.25. The van der Waals surface area contributed by atoms with E-state index in [2.05, 4.69) is 10.0 Å². The van der Waals surface area contributed by atoms with Crippen molar-refractivity contribution in [2.45, 2.75) is 19.4 Å². The molecule has 86 valence electrons. The van der Waals surface area contributed by atoms with Gasteiger partial charge in [-0.2, -0.15) is 0 Å². The highest BCUT2D eigenvalue weighted by Gasteiger charge is 2.10. The van der Waals surface area contributed by atoms with Gasteiger partial charge in [0.25, 0.3) is 0 Å². The number of rotatable bonds is 8. The van der Waals surface area contributed by atoms with Crippen molar-refractivity contribution >= 4 is 10.0 Å². The minimum atomic E-state index is -3.13. The van der Waals surface area contributed by atoms with E-state index >= 15 is 0 Å². The maximum absolute atomic E-state index is 11.3. The van der Waals surface area contributed by atoms with Crippen LogP contribution in [0.2, 0.25) is 0 Å². The van der Waals surface area contributed by atoms with Crippen molar-refractivity contribution in [1.82, 2.24) is 10.0 Å². The molecule has 0 rings (SSSR count). The molecule has 1 atom stereocenters. The number of hydrogen-bond donors (Lipinski definition) is 2. The Morgan fingerprint density at radius 1 is 1.43 bits per heavy atom. The fourth-order valence-corrected chi connectivity index (χ4v) is 1.97. The van der Waals surface area contributed by atoms with Gasteiger partial charge in [-0.15, -0.1) is 0 Å². The highest BCUT2D eigenvalue weighted by Crippen LogP contribution is 1.90. The number of ether oxygens (including phenoxy) is 1.